The molecule has 29 heavy (non-hydrogen) atoms. The van der Waals surface area contributed by atoms with Gasteiger partial charge in [-0.15, -0.1) is 0 Å². The van der Waals surface area contributed by atoms with E-state index in [0.29, 0.717) is 36.4 Å². The van der Waals surface area contributed by atoms with Gasteiger partial charge in [-0.2, -0.15) is 0 Å². The monoisotopic (exact) mass is 431 g/mol. The lowest BCUT2D eigenvalue weighted by molar-refractivity contribution is -0.123. The van der Waals surface area contributed by atoms with Crippen molar-refractivity contribution in [3.8, 4) is 0 Å². The van der Waals surface area contributed by atoms with Crippen molar-refractivity contribution in [3.05, 3.63) is 18.2 Å². The molecule has 0 radical (unpaired) electrons. The fraction of sp³-hybridized carbons (Fsp3) is 0.650. The summed E-state index contributed by atoms with van der Waals surface area (Å²) in [5.74, 6) is -2.73. The van der Waals surface area contributed by atoms with Gasteiger partial charge in [-0.3, -0.25) is 9.52 Å². The molecule has 0 heterocycles. The number of sulfonamides is 1. The van der Waals surface area contributed by atoms with Gasteiger partial charge in [0, 0.05) is 24.8 Å². The normalized spacial score (nSPS) is 17.6. The van der Waals surface area contributed by atoms with Gasteiger partial charge in [0.15, 0.2) is 0 Å². The van der Waals surface area contributed by atoms with Gasteiger partial charge in [0.25, 0.3) is 0 Å². The second-order valence-corrected chi connectivity index (χ2v) is 10.7. The van der Waals surface area contributed by atoms with Crippen molar-refractivity contribution in [2.24, 2.45) is 11.3 Å². The van der Waals surface area contributed by atoms with Crippen molar-refractivity contribution in [1.29, 1.82) is 0 Å². The number of anilines is 3. The van der Waals surface area contributed by atoms with Crippen molar-refractivity contribution in [2.75, 3.05) is 27.7 Å². The van der Waals surface area contributed by atoms with Gasteiger partial charge in [0.2, 0.25) is 21.9 Å². The molecule has 0 aromatic heterocycles. The zero-order valence-corrected chi connectivity index (χ0v) is 18.3. The largest absolute Gasteiger partial charge is 0.383 e. The lowest BCUT2D eigenvalue weighted by Gasteiger charge is -2.29. The molecule has 0 saturated heterocycles. The first kappa shape index (κ1) is 23.4. The first-order chi connectivity index (χ1) is 13.3. The van der Waals surface area contributed by atoms with Crippen LogP contribution in [0, 0.1) is 11.3 Å². The van der Waals surface area contributed by atoms with Crippen molar-refractivity contribution in [3.63, 3.8) is 0 Å². The third kappa shape index (κ3) is 7.13. The summed E-state index contributed by atoms with van der Waals surface area (Å²) in [6.45, 7) is 7.38. The maximum absolute atomic E-state index is 13.3. The molecule has 0 bridgehead atoms. The third-order valence-corrected chi connectivity index (χ3v) is 6.33. The SMILES string of the molecule is CCS(=O)(=O)Nc1ccc(NCC2CCC(F)(F)CC2)c(NC(=O)C(C)(C)C)c1. The Bertz CT molecular complexity index is 826. The van der Waals surface area contributed by atoms with Gasteiger partial charge in [-0.25, -0.2) is 17.2 Å². The Labute approximate surface area is 171 Å². The molecule has 6 nitrogen and oxygen atoms in total. The van der Waals surface area contributed by atoms with Gasteiger partial charge in [-0.1, -0.05) is 20.8 Å². The molecule has 0 spiro atoms. The number of hydrogen-bond acceptors (Lipinski definition) is 4. The molecule has 1 aliphatic rings. The number of nitrogens with one attached hydrogen (secondary N) is 3. The average molecular weight is 432 g/mol. The number of carbonyl (C=O) groups is 1. The Hall–Kier alpha value is -1.90. The molecular formula is C20H31F2N3O3S. The van der Waals surface area contributed by atoms with E-state index in [4.69, 9.17) is 0 Å². The Kier molecular flexibility index (Phi) is 7.14. The first-order valence-electron chi connectivity index (χ1n) is 9.89. The first-order valence-corrected chi connectivity index (χ1v) is 11.5. The maximum Gasteiger partial charge on any atom is 0.248 e. The minimum Gasteiger partial charge on any atom is -0.383 e. The molecule has 1 aliphatic carbocycles. The van der Waals surface area contributed by atoms with Crippen LogP contribution in [0.3, 0.4) is 0 Å². The summed E-state index contributed by atoms with van der Waals surface area (Å²) in [6, 6.07) is 4.86. The van der Waals surface area contributed by atoms with Crippen molar-refractivity contribution < 1.29 is 22.0 Å². The van der Waals surface area contributed by atoms with E-state index >= 15 is 0 Å². The molecule has 0 atom stereocenters. The highest BCUT2D eigenvalue weighted by atomic mass is 32.2. The van der Waals surface area contributed by atoms with Crippen LogP contribution in [0.1, 0.15) is 53.4 Å². The Morgan fingerprint density at radius 2 is 1.79 bits per heavy atom. The number of benzene rings is 1. The minimum atomic E-state index is -3.45. The third-order valence-electron chi connectivity index (χ3n) is 5.02. The lowest BCUT2D eigenvalue weighted by Crippen LogP contribution is -2.29. The van der Waals surface area contributed by atoms with Crippen LogP contribution in [-0.4, -0.2) is 32.5 Å². The number of amides is 1. The van der Waals surface area contributed by atoms with Gasteiger partial charge < -0.3 is 10.6 Å². The summed E-state index contributed by atoms with van der Waals surface area (Å²) >= 11 is 0. The van der Waals surface area contributed by atoms with Crippen LogP contribution in [-0.2, 0) is 14.8 Å². The molecule has 3 N–H and O–H groups in total. The van der Waals surface area contributed by atoms with Gasteiger partial charge in [-0.05, 0) is 43.9 Å². The van der Waals surface area contributed by atoms with E-state index in [1.165, 1.54) is 6.92 Å². The summed E-state index contributed by atoms with van der Waals surface area (Å²) in [4.78, 5) is 12.5. The highest BCUT2D eigenvalue weighted by molar-refractivity contribution is 7.92. The fourth-order valence-corrected chi connectivity index (χ4v) is 3.62. The Balaban J connectivity index is 2.17. The zero-order valence-electron chi connectivity index (χ0n) is 17.4. The van der Waals surface area contributed by atoms with Crippen molar-refractivity contribution in [1.82, 2.24) is 0 Å². The second kappa shape index (κ2) is 8.85. The molecule has 1 aromatic carbocycles. The molecule has 1 aromatic rings. The van der Waals surface area contributed by atoms with Crippen molar-refractivity contribution >= 4 is 33.0 Å². The van der Waals surface area contributed by atoms with E-state index in [1.807, 2.05) is 0 Å². The molecule has 1 fully saturated rings. The number of hydrogen-bond donors (Lipinski definition) is 3. The van der Waals surface area contributed by atoms with Crippen LogP contribution in [0.4, 0.5) is 25.8 Å². The van der Waals surface area contributed by atoms with Crippen LogP contribution in [0.25, 0.3) is 0 Å². The molecule has 164 valence electrons. The van der Waals surface area contributed by atoms with Crippen LogP contribution in [0.2, 0.25) is 0 Å². The van der Waals surface area contributed by atoms with Crippen LogP contribution in [0.15, 0.2) is 18.2 Å². The van der Waals surface area contributed by atoms with Crippen LogP contribution in [0.5, 0.6) is 0 Å². The quantitative estimate of drug-likeness (QED) is 0.585. The summed E-state index contributed by atoms with van der Waals surface area (Å²) in [5.41, 5.74) is 0.784. The number of carbonyl (C=O) groups excluding carboxylic acids is 1. The number of halogens is 2. The Morgan fingerprint density at radius 3 is 2.34 bits per heavy atom. The highest BCUT2D eigenvalue weighted by Crippen LogP contribution is 2.36. The predicted molar refractivity (Wildman–Crippen MR) is 113 cm³/mol. The second-order valence-electron chi connectivity index (χ2n) is 8.65. The van der Waals surface area contributed by atoms with Crippen molar-refractivity contribution in [2.45, 2.75) is 59.3 Å². The fourth-order valence-electron chi connectivity index (χ4n) is 2.99. The van der Waals surface area contributed by atoms with E-state index in [2.05, 4.69) is 15.4 Å². The molecule has 0 aliphatic heterocycles. The summed E-state index contributed by atoms with van der Waals surface area (Å²) in [6.07, 6.45) is 0.672. The zero-order chi connectivity index (χ0) is 21.9. The number of alkyl halides is 2. The smallest absolute Gasteiger partial charge is 0.248 e. The molecule has 1 saturated carbocycles. The topological polar surface area (TPSA) is 87.3 Å². The summed E-state index contributed by atoms with van der Waals surface area (Å²) < 4.78 is 52.9. The van der Waals surface area contributed by atoms with Gasteiger partial charge in [0.05, 0.1) is 22.8 Å². The molecular weight excluding hydrogens is 400 g/mol. The lowest BCUT2D eigenvalue weighted by atomic mass is 9.87. The van der Waals surface area contributed by atoms with E-state index in [9.17, 15) is 22.0 Å². The van der Waals surface area contributed by atoms with E-state index in [-0.39, 0.29) is 30.4 Å². The van der Waals surface area contributed by atoms with E-state index in [1.54, 1.807) is 39.0 Å². The van der Waals surface area contributed by atoms with Crippen LogP contribution < -0.4 is 15.4 Å². The van der Waals surface area contributed by atoms with Crippen LogP contribution >= 0.6 is 0 Å². The average Bonchev–Trinajstić information content (AvgIpc) is 2.61. The molecule has 9 heteroatoms. The minimum absolute atomic E-state index is 0.0665. The van der Waals surface area contributed by atoms with Gasteiger partial charge in [0.1, 0.15) is 0 Å². The summed E-state index contributed by atoms with van der Waals surface area (Å²) in [5, 5.41) is 6.07. The molecule has 2 rings (SSSR count). The Morgan fingerprint density at radius 1 is 1.17 bits per heavy atom. The number of rotatable bonds is 7. The van der Waals surface area contributed by atoms with E-state index in [0.717, 1.165) is 0 Å². The highest BCUT2D eigenvalue weighted by Gasteiger charge is 2.34. The van der Waals surface area contributed by atoms with E-state index < -0.39 is 21.4 Å². The standard InChI is InChI=1S/C20H31F2N3O3S/c1-5-29(27,28)25-15-6-7-16(17(12-15)24-18(26)19(2,3)4)23-13-14-8-10-20(21,22)11-9-14/h6-7,12,14,23,25H,5,8-11,13H2,1-4H3,(H,24,26). The molecule has 1 amide bonds. The van der Waals surface area contributed by atoms with Gasteiger partial charge >= 0.3 is 0 Å². The summed E-state index contributed by atoms with van der Waals surface area (Å²) in [7, 11) is -3.45. The molecule has 0 unspecified atom stereocenters. The maximum atomic E-state index is 13.3. The predicted octanol–water partition coefficient (Wildman–Crippen LogP) is 4.67.